The van der Waals surface area contributed by atoms with Crippen molar-refractivity contribution in [1.29, 1.82) is 0 Å². The van der Waals surface area contributed by atoms with Gasteiger partial charge in [-0.1, -0.05) is 6.92 Å². The summed E-state index contributed by atoms with van der Waals surface area (Å²) in [5.74, 6) is 0.558. The molecule has 8 nitrogen and oxygen atoms in total. The van der Waals surface area contributed by atoms with Gasteiger partial charge in [0.15, 0.2) is 5.82 Å². The summed E-state index contributed by atoms with van der Waals surface area (Å²) in [5, 5.41) is 9.70. The second-order valence-electron chi connectivity index (χ2n) is 7.02. The molecule has 3 heterocycles. The van der Waals surface area contributed by atoms with E-state index in [9.17, 15) is 9.59 Å². The number of H-pyrrole nitrogens is 2. The Balaban J connectivity index is 1.81. The molecular weight excluding hydrogens is 332 g/mol. The normalized spacial score (nSPS) is 15.5. The van der Waals surface area contributed by atoms with Gasteiger partial charge in [-0.15, -0.1) is 0 Å². The largest absolute Gasteiger partial charge is 0.337 e. The number of aromatic amines is 2. The van der Waals surface area contributed by atoms with E-state index in [1.165, 1.54) is 0 Å². The van der Waals surface area contributed by atoms with E-state index in [1.807, 2.05) is 26.0 Å². The van der Waals surface area contributed by atoms with Crippen molar-refractivity contribution in [3.63, 3.8) is 0 Å². The Kier molecular flexibility index (Phi) is 3.40. The smallest absolute Gasteiger partial charge is 0.236 e. The minimum Gasteiger partial charge on any atom is -0.337 e. The Morgan fingerprint density at radius 2 is 2.12 bits per heavy atom. The molecule has 0 aliphatic carbocycles. The Hall–Kier alpha value is -3.16. The van der Waals surface area contributed by atoms with Gasteiger partial charge in [0.1, 0.15) is 5.69 Å². The van der Waals surface area contributed by atoms with E-state index in [1.54, 1.807) is 25.1 Å². The Labute approximate surface area is 150 Å². The van der Waals surface area contributed by atoms with E-state index in [4.69, 9.17) is 0 Å². The summed E-state index contributed by atoms with van der Waals surface area (Å²) in [6, 6.07) is 3.89. The molecule has 0 fully saturated rings. The van der Waals surface area contributed by atoms with Crippen LogP contribution in [0.3, 0.4) is 0 Å². The highest BCUT2D eigenvalue weighted by molar-refractivity contribution is 6.09. The molecule has 0 unspecified atom stereocenters. The van der Waals surface area contributed by atoms with E-state index in [-0.39, 0.29) is 11.8 Å². The van der Waals surface area contributed by atoms with Gasteiger partial charge in [-0.3, -0.25) is 14.7 Å². The fraction of sp³-hybridized carbons (Fsp3) is 0.333. The van der Waals surface area contributed by atoms with E-state index < -0.39 is 5.41 Å². The van der Waals surface area contributed by atoms with E-state index in [0.29, 0.717) is 23.6 Å². The second kappa shape index (κ2) is 5.42. The molecule has 4 rings (SSSR count). The third-order valence-electron chi connectivity index (χ3n) is 4.94. The van der Waals surface area contributed by atoms with E-state index >= 15 is 0 Å². The predicted octanol–water partition coefficient (Wildman–Crippen LogP) is 2.56. The lowest BCUT2D eigenvalue weighted by Gasteiger charge is -2.16. The molecule has 2 aromatic heterocycles. The van der Waals surface area contributed by atoms with Crippen LogP contribution in [0.2, 0.25) is 0 Å². The molecule has 3 N–H and O–H groups in total. The van der Waals surface area contributed by atoms with Gasteiger partial charge in [0.05, 0.1) is 28.3 Å². The topological polar surface area (TPSA) is 107 Å². The molecule has 1 aromatic carbocycles. The number of benzene rings is 1. The molecule has 2 amide bonds. The number of hydrogen-bond donors (Lipinski definition) is 3. The maximum absolute atomic E-state index is 12.5. The first kappa shape index (κ1) is 16.3. The summed E-state index contributed by atoms with van der Waals surface area (Å²) >= 11 is 0. The molecule has 3 aromatic rings. The zero-order valence-electron chi connectivity index (χ0n) is 15.1. The average Bonchev–Trinajstić information content (AvgIpc) is 3.27. The lowest BCUT2D eigenvalue weighted by Crippen LogP contribution is -2.33. The van der Waals surface area contributed by atoms with Crippen LogP contribution in [-0.2, 0) is 15.0 Å². The van der Waals surface area contributed by atoms with Crippen LogP contribution in [0.25, 0.3) is 22.6 Å². The molecule has 0 spiro atoms. The van der Waals surface area contributed by atoms with Crippen molar-refractivity contribution in [2.24, 2.45) is 0 Å². The first-order valence-electron chi connectivity index (χ1n) is 8.49. The van der Waals surface area contributed by atoms with Crippen molar-refractivity contribution in [2.75, 3.05) is 17.3 Å². The highest BCUT2D eigenvalue weighted by atomic mass is 16.2. The fourth-order valence-corrected chi connectivity index (χ4v) is 3.39. The number of anilines is 2. The molecular formula is C18H20N6O2. The van der Waals surface area contributed by atoms with Crippen LogP contribution in [0.4, 0.5) is 11.4 Å². The third-order valence-corrected chi connectivity index (χ3v) is 4.94. The van der Waals surface area contributed by atoms with Crippen LogP contribution in [0.1, 0.15) is 32.8 Å². The predicted molar refractivity (Wildman–Crippen MR) is 99.0 cm³/mol. The zero-order valence-corrected chi connectivity index (χ0v) is 15.1. The molecule has 1 aliphatic rings. The second-order valence-corrected chi connectivity index (χ2v) is 7.02. The van der Waals surface area contributed by atoms with Gasteiger partial charge in [-0.05, 0) is 31.5 Å². The van der Waals surface area contributed by atoms with Gasteiger partial charge in [0.2, 0.25) is 11.8 Å². The summed E-state index contributed by atoms with van der Waals surface area (Å²) in [4.78, 5) is 33.7. The summed E-state index contributed by atoms with van der Waals surface area (Å²) in [5.41, 5.74) is 4.04. The highest BCUT2D eigenvalue weighted by Crippen LogP contribution is 2.42. The SMILES string of the molecule is CCC(=O)Nc1cn[nH]c1-c1nc2cc3c(cc2[nH]1)C(C)(C)C(=O)N3C. The molecule has 134 valence electrons. The minimum absolute atomic E-state index is 0.0681. The Morgan fingerprint density at radius 1 is 1.35 bits per heavy atom. The third kappa shape index (κ3) is 2.22. The fourth-order valence-electron chi connectivity index (χ4n) is 3.39. The lowest BCUT2D eigenvalue weighted by molar-refractivity contribution is -0.121. The van der Waals surface area contributed by atoms with Crippen molar-refractivity contribution in [1.82, 2.24) is 20.2 Å². The Morgan fingerprint density at radius 3 is 2.85 bits per heavy atom. The molecule has 0 bridgehead atoms. The van der Waals surface area contributed by atoms with Gasteiger partial charge >= 0.3 is 0 Å². The van der Waals surface area contributed by atoms with Crippen molar-refractivity contribution in [2.45, 2.75) is 32.6 Å². The molecule has 1 aliphatic heterocycles. The number of carbonyl (C=O) groups excluding carboxylic acids is 2. The van der Waals surface area contributed by atoms with E-state index in [0.717, 1.165) is 22.3 Å². The molecule has 0 atom stereocenters. The van der Waals surface area contributed by atoms with Gasteiger partial charge in [0, 0.05) is 19.2 Å². The molecule has 0 saturated carbocycles. The number of carbonyl (C=O) groups is 2. The van der Waals surface area contributed by atoms with Gasteiger partial charge in [0.25, 0.3) is 0 Å². The molecule has 0 saturated heterocycles. The van der Waals surface area contributed by atoms with E-state index in [2.05, 4.69) is 25.5 Å². The average molecular weight is 352 g/mol. The van der Waals surface area contributed by atoms with Crippen LogP contribution in [-0.4, -0.2) is 39.0 Å². The Bertz CT molecular complexity index is 1050. The number of rotatable bonds is 3. The monoisotopic (exact) mass is 352 g/mol. The number of fused-ring (bicyclic) bond motifs is 2. The number of nitrogens with one attached hydrogen (secondary N) is 3. The van der Waals surface area contributed by atoms with Crippen LogP contribution < -0.4 is 10.2 Å². The molecule has 8 heteroatoms. The standard InChI is InChI=1S/C18H20N6O2/c1-5-14(25)20-12-8-19-23-15(12)16-21-10-6-9-13(7-11(10)22-16)24(4)17(26)18(9,2)3/h6-8H,5H2,1-4H3,(H,19,23)(H,20,25)(H,21,22). The number of aromatic nitrogens is 4. The van der Waals surface area contributed by atoms with Crippen LogP contribution in [0, 0.1) is 0 Å². The summed E-state index contributed by atoms with van der Waals surface area (Å²) in [6.07, 6.45) is 1.94. The number of amides is 2. The van der Waals surface area contributed by atoms with Gasteiger partial charge in [-0.2, -0.15) is 5.10 Å². The van der Waals surface area contributed by atoms with Crippen molar-refractivity contribution in [3.8, 4) is 11.5 Å². The maximum Gasteiger partial charge on any atom is 0.236 e. The summed E-state index contributed by atoms with van der Waals surface area (Å²) in [6.45, 7) is 5.64. The van der Waals surface area contributed by atoms with Crippen molar-refractivity contribution in [3.05, 3.63) is 23.9 Å². The summed E-state index contributed by atoms with van der Waals surface area (Å²) < 4.78 is 0. The van der Waals surface area contributed by atoms with Crippen LogP contribution in [0.5, 0.6) is 0 Å². The number of hydrogen-bond acceptors (Lipinski definition) is 4. The lowest BCUT2D eigenvalue weighted by atomic mass is 9.86. The van der Waals surface area contributed by atoms with Crippen LogP contribution >= 0.6 is 0 Å². The number of nitrogens with zero attached hydrogens (tertiary/aromatic N) is 3. The summed E-state index contributed by atoms with van der Waals surface area (Å²) in [7, 11) is 1.78. The number of imidazole rings is 1. The number of likely N-dealkylation sites (N-methyl/N-ethyl adjacent to an activating group) is 1. The van der Waals surface area contributed by atoms with Crippen LogP contribution in [0.15, 0.2) is 18.3 Å². The molecule has 0 radical (unpaired) electrons. The maximum atomic E-state index is 12.5. The first-order chi connectivity index (χ1) is 12.3. The van der Waals surface area contributed by atoms with Crippen molar-refractivity contribution >= 4 is 34.2 Å². The minimum atomic E-state index is -0.572. The molecule has 26 heavy (non-hydrogen) atoms. The zero-order chi connectivity index (χ0) is 18.6. The van der Waals surface area contributed by atoms with Crippen molar-refractivity contribution < 1.29 is 9.59 Å². The van der Waals surface area contributed by atoms with Gasteiger partial charge in [-0.25, -0.2) is 4.98 Å². The first-order valence-corrected chi connectivity index (χ1v) is 8.49. The quantitative estimate of drug-likeness (QED) is 0.673. The highest BCUT2D eigenvalue weighted by Gasteiger charge is 2.42. The van der Waals surface area contributed by atoms with Gasteiger partial charge < -0.3 is 15.2 Å².